The van der Waals surface area contributed by atoms with Crippen LogP contribution in [0.3, 0.4) is 0 Å². The molecule has 1 spiro atoms. The van der Waals surface area contributed by atoms with Gasteiger partial charge in [0.05, 0.1) is 18.9 Å². The molecule has 96 valence electrons. The second-order valence-corrected chi connectivity index (χ2v) is 5.16. The zero-order valence-corrected chi connectivity index (χ0v) is 10.1. The molecule has 3 rings (SSSR count). The Morgan fingerprint density at radius 1 is 1.39 bits per heavy atom. The maximum atomic E-state index is 11.1. The lowest BCUT2D eigenvalue weighted by Gasteiger charge is -2.47. The van der Waals surface area contributed by atoms with Crippen LogP contribution < -0.4 is 4.90 Å². The number of carboxylic acids is 1. The maximum absolute atomic E-state index is 11.1. The number of hydrogen-bond acceptors (Lipinski definition) is 4. The molecule has 0 atom stereocenters. The summed E-state index contributed by atoms with van der Waals surface area (Å²) in [6, 6.07) is 3.63. The van der Waals surface area contributed by atoms with Gasteiger partial charge in [0.2, 0.25) is 0 Å². The van der Waals surface area contributed by atoms with E-state index < -0.39 is 5.97 Å². The second-order valence-electron chi connectivity index (χ2n) is 5.16. The zero-order valence-electron chi connectivity index (χ0n) is 10.1. The average molecular weight is 248 g/mol. The predicted octanol–water partition coefficient (Wildman–Crippen LogP) is 1.40. The van der Waals surface area contributed by atoms with E-state index in [1.807, 2.05) is 6.07 Å². The van der Waals surface area contributed by atoms with E-state index in [4.69, 9.17) is 9.84 Å². The monoisotopic (exact) mass is 248 g/mol. The minimum absolute atomic E-state index is 0.151. The lowest BCUT2D eigenvalue weighted by molar-refractivity contribution is -0.124. The van der Waals surface area contributed by atoms with Crippen LogP contribution in [0, 0.1) is 5.41 Å². The van der Waals surface area contributed by atoms with Gasteiger partial charge in [-0.1, -0.05) is 0 Å². The molecule has 2 aliphatic heterocycles. The van der Waals surface area contributed by atoms with E-state index in [0.717, 1.165) is 44.8 Å². The molecule has 0 bridgehead atoms. The first kappa shape index (κ1) is 11.5. The Kier molecular flexibility index (Phi) is 2.70. The van der Waals surface area contributed by atoms with Crippen LogP contribution in [0.2, 0.25) is 0 Å². The van der Waals surface area contributed by atoms with Gasteiger partial charge in [-0.25, -0.2) is 9.78 Å². The first-order chi connectivity index (χ1) is 8.70. The molecule has 3 heterocycles. The van der Waals surface area contributed by atoms with Gasteiger partial charge in [-0.15, -0.1) is 0 Å². The maximum Gasteiger partial charge on any atom is 0.356 e. The summed E-state index contributed by atoms with van der Waals surface area (Å²) < 4.78 is 5.29. The lowest BCUT2D eigenvalue weighted by atomic mass is 9.77. The molecule has 1 aromatic rings. The Labute approximate surface area is 105 Å². The number of aromatic nitrogens is 1. The Morgan fingerprint density at radius 3 is 2.67 bits per heavy atom. The molecule has 0 aromatic carbocycles. The molecule has 1 N–H and O–H groups in total. The van der Waals surface area contributed by atoms with Crippen molar-refractivity contribution in [3.8, 4) is 0 Å². The van der Waals surface area contributed by atoms with Crippen LogP contribution in [-0.2, 0) is 4.74 Å². The molecule has 1 aromatic heterocycles. The molecule has 0 aliphatic carbocycles. The van der Waals surface area contributed by atoms with Gasteiger partial charge in [-0.2, -0.15) is 0 Å². The first-order valence-corrected chi connectivity index (χ1v) is 6.21. The van der Waals surface area contributed by atoms with Crippen LogP contribution in [0.25, 0.3) is 0 Å². The molecule has 2 fully saturated rings. The summed E-state index contributed by atoms with van der Waals surface area (Å²) in [5, 5.41) is 9.15. The Bertz CT molecular complexity index is 461. The molecular weight excluding hydrogens is 232 g/mol. The van der Waals surface area contributed by atoms with Gasteiger partial charge in [-0.3, -0.25) is 0 Å². The van der Waals surface area contributed by atoms with Crippen molar-refractivity contribution in [2.24, 2.45) is 5.41 Å². The summed E-state index contributed by atoms with van der Waals surface area (Å²) in [7, 11) is 0. The van der Waals surface area contributed by atoms with E-state index >= 15 is 0 Å². The van der Waals surface area contributed by atoms with Crippen LogP contribution in [0.4, 0.5) is 5.69 Å². The zero-order chi connectivity index (χ0) is 12.6. The number of pyridine rings is 1. The van der Waals surface area contributed by atoms with E-state index in [2.05, 4.69) is 9.88 Å². The summed E-state index contributed by atoms with van der Waals surface area (Å²) in [6.07, 6.45) is 3.67. The minimum Gasteiger partial charge on any atom is -0.476 e. The van der Waals surface area contributed by atoms with Gasteiger partial charge in [0.25, 0.3) is 0 Å². The summed E-state index contributed by atoms with van der Waals surface area (Å²) in [6.45, 7) is 3.49. The lowest BCUT2D eigenvalue weighted by Crippen LogP contribution is -2.51. The Balaban J connectivity index is 1.78. The molecule has 2 aliphatic rings. The number of rotatable bonds is 2. The van der Waals surface area contributed by atoms with Crippen molar-refractivity contribution in [3.05, 3.63) is 24.0 Å². The summed E-state index contributed by atoms with van der Waals surface area (Å²) >= 11 is 0. The smallest absolute Gasteiger partial charge is 0.356 e. The number of anilines is 1. The van der Waals surface area contributed by atoms with Crippen molar-refractivity contribution in [3.63, 3.8) is 0 Å². The first-order valence-electron chi connectivity index (χ1n) is 6.21. The summed E-state index contributed by atoms with van der Waals surface area (Å²) in [5.41, 5.74) is 1.25. The van der Waals surface area contributed by atoms with E-state index in [-0.39, 0.29) is 5.69 Å². The van der Waals surface area contributed by atoms with Crippen molar-refractivity contribution in [2.45, 2.75) is 12.8 Å². The molecule has 5 nitrogen and oxygen atoms in total. The van der Waals surface area contributed by atoms with Gasteiger partial charge < -0.3 is 14.7 Å². The minimum atomic E-state index is -0.960. The third-order valence-electron chi connectivity index (χ3n) is 3.97. The quantitative estimate of drug-likeness (QED) is 0.857. The normalized spacial score (nSPS) is 21.7. The molecule has 0 unspecified atom stereocenters. The highest BCUT2D eigenvalue weighted by molar-refractivity contribution is 5.92. The van der Waals surface area contributed by atoms with E-state index in [9.17, 15) is 4.79 Å². The topological polar surface area (TPSA) is 62.7 Å². The molecule has 0 amide bonds. The fraction of sp³-hybridized carbons (Fsp3) is 0.538. The molecule has 5 heteroatoms. The number of aromatic carboxylic acids is 1. The van der Waals surface area contributed by atoms with Crippen molar-refractivity contribution >= 4 is 11.7 Å². The van der Waals surface area contributed by atoms with Crippen molar-refractivity contribution in [1.82, 2.24) is 4.98 Å². The molecule has 0 saturated carbocycles. The standard InChI is InChI=1S/C13H16N2O3/c16-12(17)11-10(2-1-5-14-11)15-6-3-13(4-7-15)8-18-9-13/h1-2,5H,3-4,6-9H2,(H,16,17). The van der Waals surface area contributed by atoms with Gasteiger partial charge in [-0.05, 0) is 25.0 Å². The molecule has 0 radical (unpaired) electrons. The fourth-order valence-corrected chi connectivity index (χ4v) is 2.72. The number of carboxylic acid groups (broad SMARTS) is 1. The summed E-state index contributed by atoms with van der Waals surface area (Å²) in [5.74, 6) is -0.960. The van der Waals surface area contributed by atoms with Crippen molar-refractivity contribution in [2.75, 3.05) is 31.2 Å². The van der Waals surface area contributed by atoms with Gasteiger partial charge >= 0.3 is 5.97 Å². The highest BCUT2D eigenvalue weighted by Crippen LogP contribution is 2.39. The van der Waals surface area contributed by atoms with Crippen LogP contribution in [-0.4, -0.2) is 42.4 Å². The van der Waals surface area contributed by atoms with Crippen molar-refractivity contribution < 1.29 is 14.6 Å². The van der Waals surface area contributed by atoms with Crippen LogP contribution in [0.1, 0.15) is 23.3 Å². The molecule has 18 heavy (non-hydrogen) atoms. The fourth-order valence-electron chi connectivity index (χ4n) is 2.72. The van der Waals surface area contributed by atoms with E-state index in [1.165, 1.54) is 6.20 Å². The van der Waals surface area contributed by atoms with E-state index in [1.54, 1.807) is 6.07 Å². The largest absolute Gasteiger partial charge is 0.476 e. The highest BCUT2D eigenvalue weighted by atomic mass is 16.5. The van der Waals surface area contributed by atoms with Crippen LogP contribution in [0.15, 0.2) is 18.3 Å². The number of nitrogens with zero attached hydrogens (tertiary/aromatic N) is 2. The van der Waals surface area contributed by atoms with Gasteiger partial charge in [0, 0.05) is 24.7 Å². The average Bonchev–Trinajstić information content (AvgIpc) is 2.37. The Morgan fingerprint density at radius 2 is 2.11 bits per heavy atom. The second kappa shape index (κ2) is 4.24. The molecule has 2 saturated heterocycles. The summed E-state index contributed by atoms with van der Waals surface area (Å²) in [4.78, 5) is 17.2. The molecular formula is C13H16N2O3. The number of ether oxygens (including phenoxy) is 1. The van der Waals surface area contributed by atoms with Crippen LogP contribution in [0.5, 0.6) is 0 Å². The highest BCUT2D eigenvalue weighted by Gasteiger charge is 2.41. The third kappa shape index (κ3) is 1.84. The van der Waals surface area contributed by atoms with Crippen LogP contribution >= 0.6 is 0 Å². The SMILES string of the molecule is O=C(O)c1ncccc1N1CCC2(CC1)COC2. The van der Waals surface area contributed by atoms with Gasteiger partial charge in [0.15, 0.2) is 5.69 Å². The Hall–Kier alpha value is -1.62. The number of hydrogen-bond donors (Lipinski definition) is 1. The third-order valence-corrected chi connectivity index (χ3v) is 3.97. The number of carbonyl (C=O) groups is 1. The number of piperidine rings is 1. The van der Waals surface area contributed by atoms with Crippen molar-refractivity contribution in [1.29, 1.82) is 0 Å². The van der Waals surface area contributed by atoms with Gasteiger partial charge in [0.1, 0.15) is 0 Å². The van der Waals surface area contributed by atoms with E-state index in [0.29, 0.717) is 5.41 Å². The predicted molar refractivity (Wildman–Crippen MR) is 65.9 cm³/mol.